The minimum atomic E-state index is -0.116. The Labute approximate surface area is 93.2 Å². The van der Waals surface area contributed by atoms with Crippen molar-refractivity contribution in [2.45, 2.75) is 6.42 Å². The molecular weight excluding hydrogens is 204 g/mol. The highest BCUT2D eigenvalue weighted by Gasteiger charge is 2.01. The summed E-state index contributed by atoms with van der Waals surface area (Å²) in [7, 11) is 0. The molecule has 0 saturated carbocycles. The first-order valence-electron chi connectivity index (χ1n) is 4.94. The largest absolute Gasteiger partial charge is 0.508 e. The zero-order valence-corrected chi connectivity index (χ0v) is 8.59. The van der Waals surface area contributed by atoms with E-state index in [9.17, 15) is 5.11 Å². The second kappa shape index (κ2) is 4.14. The van der Waals surface area contributed by atoms with Crippen LogP contribution in [0, 0.1) is 0 Å². The van der Waals surface area contributed by atoms with Crippen molar-refractivity contribution in [3.8, 4) is 17.2 Å². The van der Waals surface area contributed by atoms with E-state index in [2.05, 4.69) is 0 Å². The van der Waals surface area contributed by atoms with E-state index in [0.29, 0.717) is 6.42 Å². The number of benzene rings is 2. The third kappa shape index (κ3) is 2.25. The Morgan fingerprint density at radius 3 is 1.94 bits per heavy atom. The average Bonchev–Trinajstić information content (AvgIpc) is 2.27. The van der Waals surface area contributed by atoms with E-state index in [4.69, 9.17) is 10.2 Å². The average molecular weight is 216 g/mol. The van der Waals surface area contributed by atoms with Crippen LogP contribution in [0.5, 0.6) is 17.2 Å². The van der Waals surface area contributed by atoms with Gasteiger partial charge in [0.25, 0.3) is 0 Å². The van der Waals surface area contributed by atoms with Crippen molar-refractivity contribution in [1.29, 1.82) is 0 Å². The van der Waals surface area contributed by atoms with E-state index in [0.717, 1.165) is 11.1 Å². The van der Waals surface area contributed by atoms with Gasteiger partial charge in [0.15, 0.2) is 11.5 Å². The number of rotatable bonds is 2. The molecule has 3 N–H and O–H groups in total. The Hall–Kier alpha value is -2.16. The topological polar surface area (TPSA) is 60.7 Å². The van der Waals surface area contributed by atoms with Crippen LogP contribution in [0.3, 0.4) is 0 Å². The summed E-state index contributed by atoms with van der Waals surface area (Å²) < 4.78 is 0. The summed E-state index contributed by atoms with van der Waals surface area (Å²) in [4.78, 5) is 0. The van der Waals surface area contributed by atoms with Crippen LogP contribution in [0.4, 0.5) is 0 Å². The number of aromatic hydroxyl groups is 3. The molecule has 0 aliphatic heterocycles. The van der Waals surface area contributed by atoms with Gasteiger partial charge in [-0.05, 0) is 41.8 Å². The fourth-order valence-electron chi connectivity index (χ4n) is 1.53. The smallest absolute Gasteiger partial charge is 0.157 e. The molecule has 0 unspecified atom stereocenters. The molecule has 0 atom stereocenters. The van der Waals surface area contributed by atoms with Crippen molar-refractivity contribution in [2.75, 3.05) is 0 Å². The van der Waals surface area contributed by atoms with Gasteiger partial charge in [-0.25, -0.2) is 0 Å². The van der Waals surface area contributed by atoms with Crippen LogP contribution < -0.4 is 0 Å². The van der Waals surface area contributed by atoms with Crippen molar-refractivity contribution >= 4 is 0 Å². The van der Waals surface area contributed by atoms with Crippen LogP contribution in [0.2, 0.25) is 0 Å². The summed E-state index contributed by atoms with van der Waals surface area (Å²) in [5, 5.41) is 27.6. The molecule has 2 rings (SSSR count). The molecule has 0 saturated heterocycles. The third-order valence-electron chi connectivity index (χ3n) is 2.38. The fourth-order valence-corrected chi connectivity index (χ4v) is 1.53. The quantitative estimate of drug-likeness (QED) is 0.675. The van der Waals surface area contributed by atoms with Gasteiger partial charge in [0.1, 0.15) is 5.75 Å². The lowest BCUT2D eigenvalue weighted by molar-refractivity contribution is 0.403. The van der Waals surface area contributed by atoms with Gasteiger partial charge in [0.2, 0.25) is 0 Å². The molecule has 0 aliphatic rings. The Bertz CT molecular complexity index is 489. The van der Waals surface area contributed by atoms with E-state index in [1.54, 1.807) is 18.2 Å². The molecule has 0 aliphatic carbocycles. The van der Waals surface area contributed by atoms with Crippen LogP contribution in [0.25, 0.3) is 0 Å². The SMILES string of the molecule is Oc1ccc(Cc2ccc(O)c(O)c2)cc1. The molecule has 82 valence electrons. The predicted octanol–water partition coefficient (Wildman–Crippen LogP) is 2.39. The lowest BCUT2D eigenvalue weighted by Gasteiger charge is -2.04. The lowest BCUT2D eigenvalue weighted by Crippen LogP contribution is -1.87. The first kappa shape index (κ1) is 10.4. The van der Waals surface area contributed by atoms with E-state index < -0.39 is 0 Å². The van der Waals surface area contributed by atoms with Crippen molar-refractivity contribution in [3.63, 3.8) is 0 Å². The van der Waals surface area contributed by atoms with Crippen molar-refractivity contribution in [2.24, 2.45) is 0 Å². The number of hydrogen-bond acceptors (Lipinski definition) is 3. The summed E-state index contributed by atoms with van der Waals surface area (Å²) in [6, 6.07) is 11.6. The van der Waals surface area contributed by atoms with E-state index in [1.165, 1.54) is 12.1 Å². The van der Waals surface area contributed by atoms with Crippen LogP contribution in [-0.4, -0.2) is 15.3 Å². The minimum Gasteiger partial charge on any atom is -0.508 e. The Balaban J connectivity index is 2.20. The maximum Gasteiger partial charge on any atom is 0.157 e. The van der Waals surface area contributed by atoms with Crippen LogP contribution in [0.1, 0.15) is 11.1 Å². The van der Waals surface area contributed by atoms with Crippen LogP contribution in [-0.2, 0) is 6.42 Å². The molecule has 2 aromatic rings. The maximum atomic E-state index is 9.33. The molecule has 0 aromatic heterocycles. The second-order valence-corrected chi connectivity index (χ2v) is 3.67. The van der Waals surface area contributed by atoms with Crippen molar-refractivity contribution in [1.82, 2.24) is 0 Å². The molecule has 0 amide bonds. The van der Waals surface area contributed by atoms with Gasteiger partial charge in [-0.2, -0.15) is 0 Å². The standard InChI is InChI=1S/C13H12O3/c14-11-4-1-9(2-5-11)7-10-3-6-12(15)13(16)8-10/h1-6,8,14-16H,7H2. The molecule has 0 radical (unpaired) electrons. The van der Waals surface area contributed by atoms with Gasteiger partial charge in [-0.3, -0.25) is 0 Å². The zero-order valence-electron chi connectivity index (χ0n) is 8.59. The Morgan fingerprint density at radius 2 is 1.31 bits per heavy atom. The summed E-state index contributed by atoms with van der Waals surface area (Å²) in [6.07, 6.45) is 0.647. The van der Waals surface area contributed by atoms with Gasteiger partial charge >= 0.3 is 0 Å². The first-order chi connectivity index (χ1) is 7.65. The Morgan fingerprint density at radius 1 is 0.688 bits per heavy atom. The summed E-state index contributed by atoms with van der Waals surface area (Å²) in [5.74, 6) is 0.00281. The molecule has 0 heterocycles. The van der Waals surface area contributed by atoms with Gasteiger partial charge in [0.05, 0.1) is 0 Å². The monoisotopic (exact) mass is 216 g/mol. The summed E-state index contributed by atoms with van der Waals surface area (Å²) in [5.41, 5.74) is 1.93. The van der Waals surface area contributed by atoms with Gasteiger partial charge in [-0.1, -0.05) is 18.2 Å². The summed E-state index contributed by atoms with van der Waals surface area (Å²) >= 11 is 0. The Kier molecular flexibility index (Phi) is 2.68. The molecule has 3 nitrogen and oxygen atoms in total. The normalized spacial score (nSPS) is 10.2. The molecular formula is C13H12O3. The second-order valence-electron chi connectivity index (χ2n) is 3.67. The molecule has 3 heteroatoms. The summed E-state index contributed by atoms with van der Waals surface area (Å²) in [6.45, 7) is 0. The highest BCUT2D eigenvalue weighted by atomic mass is 16.3. The highest BCUT2D eigenvalue weighted by Crippen LogP contribution is 2.26. The maximum absolute atomic E-state index is 9.33. The molecule has 16 heavy (non-hydrogen) atoms. The van der Waals surface area contributed by atoms with E-state index in [-0.39, 0.29) is 17.2 Å². The molecule has 0 spiro atoms. The number of phenolic OH excluding ortho intramolecular Hbond substituents is 3. The van der Waals surface area contributed by atoms with Crippen molar-refractivity contribution < 1.29 is 15.3 Å². The van der Waals surface area contributed by atoms with E-state index >= 15 is 0 Å². The first-order valence-corrected chi connectivity index (χ1v) is 4.94. The fraction of sp³-hybridized carbons (Fsp3) is 0.0769. The number of hydrogen-bond donors (Lipinski definition) is 3. The predicted molar refractivity (Wildman–Crippen MR) is 60.7 cm³/mol. The van der Waals surface area contributed by atoms with E-state index in [1.807, 2.05) is 12.1 Å². The molecule has 0 bridgehead atoms. The third-order valence-corrected chi connectivity index (χ3v) is 2.38. The lowest BCUT2D eigenvalue weighted by atomic mass is 10.0. The van der Waals surface area contributed by atoms with Gasteiger partial charge < -0.3 is 15.3 Å². The van der Waals surface area contributed by atoms with Crippen LogP contribution in [0.15, 0.2) is 42.5 Å². The van der Waals surface area contributed by atoms with Gasteiger partial charge in [0, 0.05) is 0 Å². The van der Waals surface area contributed by atoms with Crippen LogP contribution >= 0.6 is 0 Å². The number of phenols is 3. The minimum absolute atomic E-state index is 0.115. The molecule has 0 fully saturated rings. The highest BCUT2D eigenvalue weighted by molar-refractivity contribution is 5.42. The molecule has 2 aromatic carbocycles. The van der Waals surface area contributed by atoms with Gasteiger partial charge in [-0.15, -0.1) is 0 Å². The zero-order chi connectivity index (χ0) is 11.5. The van der Waals surface area contributed by atoms with Crippen molar-refractivity contribution in [3.05, 3.63) is 53.6 Å².